The number of aryl methyl sites for hydroxylation is 1. The van der Waals surface area contributed by atoms with Crippen molar-refractivity contribution in [3.8, 4) is 33.4 Å². The van der Waals surface area contributed by atoms with Crippen molar-refractivity contribution in [1.29, 1.82) is 0 Å². The summed E-state index contributed by atoms with van der Waals surface area (Å²) in [5.41, 5.74) is 19.4. The number of para-hydroxylation sites is 1. The molecule has 320 valence electrons. The molecule has 0 atom stereocenters. The standard InChI is InChI=1S/C65H43NOS/c1-3-17-45(18-4-1)65(46-19-5-2-6-20-46)57-26-12-9-22-50(57)51-38-36-48(41-58(51)65)66(47-34-30-42(31-35-47)44-33-39-62-56(40-44)53-24-11-14-29-61(53)68-62)59-27-13-10-23-52(59)54-25-15-28-60-63(54)55-37-32-43-16-7-8-21-49(43)64(55)67-60/h1-6,8-15,17-41H,7,16H2. The lowest BCUT2D eigenvalue weighted by atomic mass is 9.67. The van der Waals surface area contributed by atoms with Crippen molar-refractivity contribution in [2.45, 2.75) is 18.3 Å². The number of hydrogen-bond donors (Lipinski definition) is 0. The van der Waals surface area contributed by atoms with Gasteiger partial charge in [0, 0.05) is 53.4 Å². The maximum Gasteiger partial charge on any atom is 0.142 e. The zero-order valence-corrected chi connectivity index (χ0v) is 38.0. The quantitative estimate of drug-likeness (QED) is 0.159. The molecule has 0 fully saturated rings. The van der Waals surface area contributed by atoms with E-state index in [0.29, 0.717) is 0 Å². The van der Waals surface area contributed by atoms with E-state index in [4.69, 9.17) is 4.42 Å². The van der Waals surface area contributed by atoms with E-state index in [1.807, 2.05) is 11.3 Å². The van der Waals surface area contributed by atoms with Gasteiger partial charge < -0.3 is 9.32 Å². The predicted molar refractivity (Wildman–Crippen MR) is 287 cm³/mol. The zero-order chi connectivity index (χ0) is 44.8. The molecule has 10 aromatic carbocycles. The van der Waals surface area contributed by atoms with E-state index in [2.05, 4.69) is 242 Å². The van der Waals surface area contributed by atoms with Crippen LogP contribution in [0.3, 0.4) is 0 Å². The highest BCUT2D eigenvalue weighted by molar-refractivity contribution is 7.25. The van der Waals surface area contributed by atoms with Gasteiger partial charge in [-0.1, -0.05) is 182 Å². The van der Waals surface area contributed by atoms with Gasteiger partial charge in [0.05, 0.1) is 11.1 Å². The Morgan fingerprint density at radius 1 is 0.456 bits per heavy atom. The van der Waals surface area contributed by atoms with Gasteiger partial charge in [-0.15, -0.1) is 11.3 Å². The number of furan rings is 1. The summed E-state index contributed by atoms with van der Waals surface area (Å²) in [4.78, 5) is 2.48. The number of allylic oxidation sites excluding steroid dienone is 1. The second kappa shape index (κ2) is 15.4. The first-order valence-electron chi connectivity index (χ1n) is 23.6. The second-order valence-electron chi connectivity index (χ2n) is 18.2. The molecule has 2 aliphatic rings. The molecule has 0 bridgehead atoms. The van der Waals surface area contributed by atoms with Crippen molar-refractivity contribution in [2.24, 2.45) is 0 Å². The van der Waals surface area contributed by atoms with Crippen LogP contribution in [0.1, 0.15) is 39.8 Å². The molecule has 14 rings (SSSR count). The highest BCUT2D eigenvalue weighted by Crippen LogP contribution is 2.58. The lowest BCUT2D eigenvalue weighted by molar-refractivity contribution is 0.666. The van der Waals surface area contributed by atoms with Gasteiger partial charge in [0.25, 0.3) is 0 Å². The van der Waals surface area contributed by atoms with Gasteiger partial charge in [-0.2, -0.15) is 0 Å². The van der Waals surface area contributed by atoms with Crippen molar-refractivity contribution in [1.82, 2.24) is 0 Å². The first kappa shape index (κ1) is 39.0. The molecular formula is C65H43NOS. The Morgan fingerprint density at radius 3 is 1.97 bits per heavy atom. The van der Waals surface area contributed by atoms with Crippen molar-refractivity contribution in [2.75, 3.05) is 4.90 Å². The third-order valence-electron chi connectivity index (χ3n) is 14.6. The minimum Gasteiger partial charge on any atom is -0.455 e. The second-order valence-corrected chi connectivity index (χ2v) is 19.3. The maximum absolute atomic E-state index is 6.81. The number of benzene rings is 10. The van der Waals surface area contributed by atoms with E-state index in [1.165, 1.54) is 75.8 Å². The van der Waals surface area contributed by atoms with Crippen LogP contribution < -0.4 is 4.90 Å². The molecule has 3 heteroatoms. The largest absolute Gasteiger partial charge is 0.455 e. The Bertz CT molecular complexity index is 3930. The fourth-order valence-corrected chi connectivity index (χ4v) is 12.7. The molecule has 0 saturated heterocycles. The summed E-state index contributed by atoms with van der Waals surface area (Å²) in [6.45, 7) is 0. The molecule has 2 nitrogen and oxygen atoms in total. The third-order valence-corrected chi connectivity index (χ3v) is 15.8. The van der Waals surface area contributed by atoms with E-state index in [1.54, 1.807) is 0 Å². The van der Waals surface area contributed by atoms with Crippen LogP contribution in [0.25, 0.3) is 81.6 Å². The van der Waals surface area contributed by atoms with Gasteiger partial charge in [-0.25, -0.2) is 0 Å². The van der Waals surface area contributed by atoms with Crippen LogP contribution in [0.4, 0.5) is 17.1 Å². The average Bonchev–Trinajstić information content (AvgIpc) is 4.08. The number of anilines is 3. The van der Waals surface area contributed by atoms with Crippen LogP contribution in [0.2, 0.25) is 0 Å². The Hall–Kier alpha value is -8.24. The maximum atomic E-state index is 6.81. The first-order chi connectivity index (χ1) is 33.7. The van der Waals surface area contributed by atoms with Gasteiger partial charge in [0.15, 0.2) is 0 Å². The predicted octanol–water partition coefficient (Wildman–Crippen LogP) is 18.1. The van der Waals surface area contributed by atoms with E-state index in [-0.39, 0.29) is 0 Å². The lowest BCUT2D eigenvalue weighted by Gasteiger charge is -2.35. The fraction of sp³-hybridized carbons (Fsp3) is 0.0462. The Labute approximate surface area is 399 Å². The summed E-state index contributed by atoms with van der Waals surface area (Å²) >= 11 is 1.86. The van der Waals surface area contributed by atoms with Crippen molar-refractivity contribution in [3.63, 3.8) is 0 Å². The topological polar surface area (TPSA) is 16.4 Å². The molecule has 68 heavy (non-hydrogen) atoms. The molecule has 2 aromatic heterocycles. The van der Waals surface area contributed by atoms with E-state index in [9.17, 15) is 0 Å². The Kier molecular flexibility index (Phi) is 8.84. The Morgan fingerprint density at radius 2 is 1.13 bits per heavy atom. The highest BCUT2D eigenvalue weighted by atomic mass is 32.1. The average molecular weight is 886 g/mol. The summed E-state index contributed by atoms with van der Waals surface area (Å²) in [6, 6.07) is 83.2. The van der Waals surface area contributed by atoms with Crippen molar-refractivity contribution in [3.05, 3.63) is 264 Å². The SMILES string of the molecule is C1=Cc2c(ccc3c2oc2cccc(-c4ccccc4N(c4ccc(-c5ccc6sc7ccccc7c6c5)cc4)c4ccc5c(c4)C(c4ccccc4)(c4ccccc4)c4ccccc4-5)c23)CC1. The molecular weight excluding hydrogens is 843 g/mol. The molecule has 0 aliphatic heterocycles. The van der Waals surface area contributed by atoms with Crippen molar-refractivity contribution >= 4 is 76.6 Å². The van der Waals surface area contributed by atoms with Crippen LogP contribution >= 0.6 is 11.3 Å². The highest BCUT2D eigenvalue weighted by Gasteiger charge is 2.46. The fourth-order valence-electron chi connectivity index (χ4n) is 11.6. The van der Waals surface area contributed by atoms with Gasteiger partial charge in [0.2, 0.25) is 0 Å². The van der Waals surface area contributed by atoms with Crippen LogP contribution in [0.5, 0.6) is 0 Å². The summed E-state index contributed by atoms with van der Waals surface area (Å²) in [5.74, 6) is 0. The van der Waals surface area contributed by atoms with Crippen molar-refractivity contribution < 1.29 is 4.42 Å². The summed E-state index contributed by atoms with van der Waals surface area (Å²) < 4.78 is 9.44. The molecule has 0 spiro atoms. The number of fused-ring (bicyclic) bond motifs is 11. The number of thiophene rings is 1. The van der Waals surface area contributed by atoms with E-state index >= 15 is 0 Å². The first-order valence-corrected chi connectivity index (χ1v) is 24.4. The monoisotopic (exact) mass is 885 g/mol. The van der Waals surface area contributed by atoms with Gasteiger partial charge in [-0.3, -0.25) is 0 Å². The number of rotatable bonds is 7. The van der Waals surface area contributed by atoms with Gasteiger partial charge in [-0.05, 0) is 123 Å². The molecule has 0 amide bonds. The lowest BCUT2D eigenvalue weighted by Crippen LogP contribution is -2.28. The molecule has 0 saturated carbocycles. The molecule has 0 unspecified atom stereocenters. The minimum atomic E-state index is -0.543. The van der Waals surface area contributed by atoms with Crippen LogP contribution in [-0.4, -0.2) is 0 Å². The smallest absolute Gasteiger partial charge is 0.142 e. The summed E-state index contributed by atoms with van der Waals surface area (Å²) in [6.07, 6.45) is 6.61. The molecule has 2 heterocycles. The van der Waals surface area contributed by atoms with E-state index in [0.717, 1.165) is 63.0 Å². The molecule has 12 aromatic rings. The van der Waals surface area contributed by atoms with Crippen LogP contribution in [0.15, 0.2) is 235 Å². The number of nitrogens with zero attached hydrogens (tertiary/aromatic N) is 1. The summed E-state index contributed by atoms with van der Waals surface area (Å²) in [7, 11) is 0. The molecule has 0 N–H and O–H groups in total. The third kappa shape index (κ3) is 5.82. The van der Waals surface area contributed by atoms with Gasteiger partial charge >= 0.3 is 0 Å². The van der Waals surface area contributed by atoms with E-state index < -0.39 is 5.41 Å². The summed E-state index contributed by atoms with van der Waals surface area (Å²) in [5, 5.41) is 4.90. The minimum absolute atomic E-state index is 0.543. The zero-order valence-electron chi connectivity index (χ0n) is 37.2. The van der Waals surface area contributed by atoms with Crippen LogP contribution in [-0.2, 0) is 11.8 Å². The molecule has 0 radical (unpaired) electrons. The Balaban J connectivity index is 1.00. The van der Waals surface area contributed by atoms with Crippen LogP contribution in [0, 0.1) is 0 Å². The molecule has 2 aliphatic carbocycles. The van der Waals surface area contributed by atoms with Gasteiger partial charge in [0.1, 0.15) is 11.2 Å². The number of hydrogen-bond acceptors (Lipinski definition) is 3. The normalized spacial score (nSPS) is 13.5.